The second kappa shape index (κ2) is 13.4. The van der Waals surface area contributed by atoms with Gasteiger partial charge in [0.05, 0.1) is 6.54 Å². The second-order valence-corrected chi connectivity index (χ2v) is 9.53. The third-order valence-corrected chi connectivity index (χ3v) is 7.29. The first-order chi connectivity index (χ1) is 14.1. The zero-order chi connectivity index (χ0) is 20.5. The number of guanidine groups is 1. The van der Waals surface area contributed by atoms with Gasteiger partial charge in [-0.25, -0.2) is 0 Å². The molecule has 0 aromatic rings. The van der Waals surface area contributed by atoms with Crippen LogP contribution in [0.25, 0.3) is 0 Å². The molecule has 0 saturated carbocycles. The third-order valence-electron chi connectivity index (χ3n) is 7.29. The highest BCUT2D eigenvalue weighted by atomic mass is 127. The molecule has 3 fully saturated rings. The first-order valence-corrected chi connectivity index (χ1v) is 12.4. The molecule has 0 aliphatic carbocycles. The Morgan fingerprint density at radius 3 is 2.23 bits per heavy atom. The predicted molar refractivity (Wildman–Crippen MR) is 139 cm³/mol. The van der Waals surface area contributed by atoms with Gasteiger partial charge in [-0.2, -0.15) is 0 Å². The molecule has 0 amide bonds. The summed E-state index contributed by atoms with van der Waals surface area (Å²) in [5.41, 5.74) is 0.264. The quantitative estimate of drug-likeness (QED) is 0.299. The number of hydrogen-bond donors (Lipinski definition) is 2. The average Bonchev–Trinajstić information content (AvgIpc) is 2.76. The van der Waals surface area contributed by atoms with Crippen molar-refractivity contribution in [3.05, 3.63) is 0 Å². The molecule has 0 spiro atoms. The summed E-state index contributed by atoms with van der Waals surface area (Å²) in [6.07, 6.45) is 10.3. The molecule has 0 aromatic heterocycles. The van der Waals surface area contributed by atoms with E-state index in [-0.39, 0.29) is 29.5 Å². The van der Waals surface area contributed by atoms with Crippen LogP contribution in [0.1, 0.15) is 65.2 Å². The molecule has 7 heteroatoms. The van der Waals surface area contributed by atoms with E-state index in [2.05, 4.69) is 46.2 Å². The van der Waals surface area contributed by atoms with Crippen molar-refractivity contribution in [3.8, 4) is 0 Å². The van der Waals surface area contributed by atoms with Crippen molar-refractivity contribution >= 4 is 29.9 Å². The van der Waals surface area contributed by atoms with E-state index in [1.807, 2.05) is 0 Å². The maximum absolute atomic E-state index is 5.18. The molecule has 3 heterocycles. The van der Waals surface area contributed by atoms with E-state index >= 15 is 0 Å². The van der Waals surface area contributed by atoms with Crippen molar-refractivity contribution < 1.29 is 0 Å². The van der Waals surface area contributed by atoms with Crippen LogP contribution in [0.4, 0.5) is 0 Å². The lowest BCUT2D eigenvalue weighted by molar-refractivity contribution is 0.0208. The lowest BCUT2D eigenvalue weighted by atomic mass is 9.84. The SMILES string of the molecule is CCCN1CCC(NC(=NCC2(N3CCCCC3)CCN(C)CC2)NCC)CC1.I. The Morgan fingerprint density at radius 1 is 0.967 bits per heavy atom. The van der Waals surface area contributed by atoms with E-state index in [1.54, 1.807) is 0 Å². The number of rotatable bonds is 7. The molecule has 3 rings (SSSR count). The van der Waals surface area contributed by atoms with Gasteiger partial charge in [-0.3, -0.25) is 9.89 Å². The summed E-state index contributed by atoms with van der Waals surface area (Å²) in [5, 5.41) is 7.30. The second-order valence-electron chi connectivity index (χ2n) is 9.53. The van der Waals surface area contributed by atoms with Gasteiger partial charge in [0.25, 0.3) is 0 Å². The average molecular weight is 535 g/mol. The topological polar surface area (TPSA) is 46.1 Å². The fourth-order valence-electron chi connectivity index (χ4n) is 5.33. The largest absolute Gasteiger partial charge is 0.357 e. The first-order valence-electron chi connectivity index (χ1n) is 12.4. The van der Waals surface area contributed by atoms with Gasteiger partial charge in [0, 0.05) is 31.2 Å². The number of hydrogen-bond acceptors (Lipinski definition) is 4. The monoisotopic (exact) mass is 534 g/mol. The van der Waals surface area contributed by atoms with Gasteiger partial charge in [0.2, 0.25) is 0 Å². The third kappa shape index (κ3) is 7.48. The Hall–Kier alpha value is -0.120. The van der Waals surface area contributed by atoms with Crippen LogP contribution in [0.2, 0.25) is 0 Å². The van der Waals surface area contributed by atoms with Gasteiger partial charge in [-0.15, -0.1) is 24.0 Å². The van der Waals surface area contributed by atoms with Crippen LogP contribution in [-0.2, 0) is 0 Å². The van der Waals surface area contributed by atoms with E-state index in [1.165, 1.54) is 97.2 Å². The van der Waals surface area contributed by atoms with Crippen molar-refractivity contribution in [3.63, 3.8) is 0 Å². The molecule has 3 aliphatic heterocycles. The van der Waals surface area contributed by atoms with E-state index in [0.717, 1.165) is 19.0 Å². The summed E-state index contributed by atoms with van der Waals surface area (Å²) in [5.74, 6) is 1.04. The van der Waals surface area contributed by atoms with E-state index in [9.17, 15) is 0 Å². The Balaban J connectivity index is 0.00000320. The van der Waals surface area contributed by atoms with Crippen molar-refractivity contribution in [2.24, 2.45) is 4.99 Å². The minimum absolute atomic E-state index is 0. The molecule has 0 bridgehead atoms. The van der Waals surface area contributed by atoms with Gasteiger partial charge in [0.1, 0.15) is 0 Å². The smallest absolute Gasteiger partial charge is 0.191 e. The predicted octanol–water partition coefficient (Wildman–Crippen LogP) is 2.98. The molecule has 0 atom stereocenters. The number of piperidine rings is 3. The summed E-state index contributed by atoms with van der Waals surface area (Å²) >= 11 is 0. The minimum atomic E-state index is 0. The number of likely N-dealkylation sites (tertiary alicyclic amines) is 3. The molecular weight excluding hydrogens is 487 g/mol. The molecule has 2 N–H and O–H groups in total. The molecule has 30 heavy (non-hydrogen) atoms. The summed E-state index contributed by atoms with van der Waals surface area (Å²) < 4.78 is 0. The molecular formula is C23H47IN6. The van der Waals surface area contributed by atoms with Gasteiger partial charge in [0.15, 0.2) is 5.96 Å². The Labute approximate surface area is 202 Å². The fraction of sp³-hybridized carbons (Fsp3) is 0.957. The minimum Gasteiger partial charge on any atom is -0.357 e. The lowest BCUT2D eigenvalue weighted by Crippen LogP contribution is -2.58. The Kier molecular flexibility index (Phi) is 11.7. The van der Waals surface area contributed by atoms with Gasteiger partial charge in [-0.05, 0) is 91.6 Å². The van der Waals surface area contributed by atoms with Crippen LogP contribution >= 0.6 is 24.0 Å². The van der Waals surface area contributed by atoms with Crippen LogP contribution in [0.15, 0.2) is 4.99 Å². The summed E-state index contributed by atoms with van der Waals surface area (Å²) in [4.78, 5) is 13.1. The molecule has 176 valence electrons. The summed E-state index contributed by atoms with van der Waals surface area (Å²) in [6, 6.07) is 0.560. The zero-order valence-corrected chi connectivity index (χ0v) is 22.1. The molecule has 3 saturated heterocycles. The van der Waals surface area contributed by atoms with Gasteiger partial charge >= 0.3 is 0 Å². The van der Waals surface area contributed by atoms with E-state index in [0.29, 0.717) is 6.04 Å². The lowest BCUT2D eigenvalue weighted by Gasteiger charge is -2.49. The van der Waals surface area contributed by atoms with E-state index < -0.39 is 0 Å². The van der Waals surface area contributed by atoms with Crippen molar-refractivity contribution in [2.75, 3.05) is 66.0 Å². The van der Waals surface area contributed by atoms with Gasteiger partial charge < -0.3 is 20.4 Å². The summed E-state index contributed by atoms with van der Waals surface area (Å²) in [7, 11) is 2.26. The molecule has 6 nitrogen and oxygen atoms in total. The van der Waals surface area contributed by atoms with Crippen molar-refractivity contribution in [2.45, 2.75) is 76.8 Å². The molecule has 0 radical (unpaired) electrons. The molecule has 0 aromatic carbocycles. The number of aliphatic imine (C=N–C) groups is 1. The van der Waals surface area contributed by atoms with Crippen molar-refractivity contribution in [1.29, 1.82) is 0 Å². The Bertz CT molecular complexity index is 492. The maximum atomic E-state index is 5.18. The van der Waals surface area contributed by atoms with Gasteiger partial charge in [-0.1, -0.05) is 13.3 Å². The fourth-order valence-corrected chi connectivity index (χ4v) is 5.33. The highest BCUT2D eigenvalue weighted by Gasteiger charge is 2.39. The van der Waals surface area contributed by atoms with Crippen LogP contribution in [0, 0.1) is 0 Å². The molecule has 0 unspecified atom stereocenters. The number of nitrogens with zero attached hydrogens (tertiary/aromatic N) is 4. The summed E-state index contributed by atoms with van der Waals surface area (Å²) in [6.45, 7) is 14.9. The maximum Gasteiger partial charge on any atom is 0.191 e. The van der Waals surface area contributed by atoms with E-state index in [4.69, 9.17) is 4.99 Å². The number of nitrogens with one attached hydrogen (secondary N) is 2. The standard InChI is InChI=1S/C23H46N6.HI/c1-4-13-28-16-9-21(10-17-28)26-22(24-5-2)25-20-23(11-18-27(3)19-12-23)29-14-7-6-8-15-29;/h21H,4-20H2,1-3H3,(H2,24,25,26);1H. The highest BCUT2D eigenvalue weighted by molar-refractivity contribution is 14.0. The van der Waals surface area contributed by atoms with Crippen LogP contribution in [-0.4, -0.2) is 98.2 Å². The number of halogens is 1. The highest BCUT2D eigenvalue weighted by Crippen LogP contribution is 2.31. The van der Waals surface area contributed by atoms with Crippen LogP contribution < -0.4 is 10.6 Å². The van der Waals surface area contributed by atoms with Crippen molar-refractivity contribution in [1.82, 2.24) is 25.3 Å². The normalized spacial score (nSPS) is 25.0. The zero-order valence-electron chi connectivity index (χ0n) is 19.8. The Morgan fingerprint density at radius 2 is 1.63 bits per heavy atom. The van der Waals surface area contributed by atoms with Crippen LogP contribution in [0.3, 0.4) is 0 Å². The van der Waals surface area contributed by atoms with Crippen LogP contribution in [0.5, 0.6) is 0 Å². The molecule has 3 aliphatic rings. The first kappa shape index (κ1) is 26.1.